The van der Waals surface area contributed by atoms with Crippen LogP contribution in [0.2, 0.25) is 0 Å². The molecule has 4 rings (SSSR count). The van der Waals surface area contributed by atoms with Crippen molar-refractivity contribution in [3.05, 3.63) is 42.0 Å². The number of aromatic nitrogens is 1. The van der Waals surface area contributed by atoms with Crippen LogP contribution in [0.5, 0.6) is 11.5 Å². The molecule has 1 aliphatic rings. The lowest BCUT2D eigenvalue weighted by Crippen LogP contribution is -2.41. The summed E-state index contributed by atoms with van der Waals surface area (Å²) in [6.45, 7) is 2.64. The molecule has 2 heterocycles. The Kier molecular flexibility index (Phi) is 6.87. The van der Waals surface area contributed by atoms with Crippen LogP contribution in [0.3, 0.4) is 0 Å². The highest BCUT2D eigenvalue weighted by Gasteiger charge is 2.33. The fourth-order valence-corrected chi connectivity index (χ4v) is 6.35. The molecule has 0 saturated carbocycles. The Morgan fingerprint density at radius 1 is 1.12 bits per heavy atom. The molecule has 176 valence electrons. The number of fused-ring (bicyclic) bond motifs is 1. The van der Waals surface area contributed by atoms with Crippen LogP contribution >= 0.6 is 11.3 Å². The monoisotopic (exact) mass is 489 g/mol. The smallest absolute Gasteiger partial charge is 0.243 e. The van der Waals surface area contributed by atoms with E-state index >= 15 is 0 Å². The number of hydrogen-bond acceptors (Lipinski definition) is 7. The zero-order chi connectivity index (χ0) is 23.6. The van der Waals surface area contributed by atoms with Crippen molar-refractivity contribution in [2.75, 3.05) is 32.6 Å². The first-order valence-corrected chi connectivity index (χ1v) is 13.0. The van der Waals surface area contributed by atoms with E-state index in [-0.39, 0.29) is 29.8 Å². The number of nitrogens with one attached hydrogen (secondary N) is 1. The third kappa shape index (κ3) is 4.83. The van der Waals surface area contributed by atoms with Crippen LogP contribution in [0.15, 0.2) is 41.3 Å². The van der Waals surface area contributed by atoms with Gasteiger partial charge in [-0.25, -0.2) is 13.4 Å². The van der Waals surface area contributed by atoms with Crippen molar-refractivity contribution in [3.8, 4) is 11.5 Å². The van der Waals surface area contributed by atoms with Gasteiger partial charge in [-0.05, 0) is 49.1 Å². The maximum absolute atomic E-state index is 13.1. The molecule has 1 N–H and O–H groups in total. The lowest BCUT2D eigenvalue weighted by molar-refractivity contribution is -0.120. The van der Waals surface area contributed by atoms with Crippen molar-refractivity contribution in [1.82, 2.24) is 9.29 Å². The first kappa shape index (κ1) is 23.5. The topological polar surface area (TPSA) is 97.8 Å². The molecule has 0 spiro atoms. The van der Waals surface area contributed by atoms with Crippen LogP contribution in [-0.4, -0.2) is 50.9 Å². The summed E-state index contributed by atoms with van der Waals surface area (Å²) in [5, 5.41) is 3.49. The second kappa shape index (κ2) is 9.66. The molecule has 1 fully saturated rings. The number of aryl methyl sites for hydroxylation is 1. The van der Waals surface area contributed by atoms with E-state index in [9.17, 15) is 13.2 Å². The molecule has 1 aromatic heterocycles. The SMILES string of the molecule is CCc1ccc2nc(NC(=O)C3CCN(S(=O)(=O)c4ccc(OC)c(OC)c4)CC3)sc2c1. The van der Waals surface area contributed by atoms with Gasteiger partial charge < -0.3 is 14.8 Å². The average Bonchev–Trinajstić information content (AvgIpc) is 3.24. The largest absolute Gasteiger partial charge is 0.493 e. The molecule has 3 aromatic rings. The molecular weight excluding hydrogens is 462 g/mol. The molecule has 1 amide bonds. The summed E-state index contributed by atoms with van der Waals surface area (Å²) < 4.78 is 39.1. The molecule has 0 atom stereocenters. The summed E-state index contributed by atoms with van der Waals surface area (Å²) in [7, 11) is -0.732. The number of carbonyl (C=O) groups excluding carboxylic acids is 1. The molecule has 0 unspecified atom stereocenters. The summed E-state index contributed by atoms with van der Waals surface area (Å²) >= 11 is 1.46. The van der Waals surface area contributed by atoms with E-state index in [0.717, 1.165) is 16.6 Å². The molecule has 10 heteroatoms. The zero-order valence-corrected chi connectivity index (χ0v) is 20.5. The van der Waals surface area contributed by atoms with Gasteiger partial charge in [0.1, 0.15) is 0 Å². The van der Waals surface area contributed by atoms with Gasteiger partial charge in [0.15, 0.2) is 16.6 Å². The molecule has 0 radical (unpaired) electrons. The predicted molar refractivity (Wildman–Crippen MR) is 129 cm³/mol. The first-order chi connectivity index (χ1) is 15.8. The Hall–Kier alpha value is -2.69. The van der Waals surface area contributed by atoms with E-state index in [4.69, 9.17) is 9.47 Å². The van der Waals surface area contributed by atoms with Crippen molar-refractivity contribution in [3.63, 3.8) is 0 Å². The van der Waals surface area contributed by atoms with Crippen LogP contribution in [-0.2, 0) is 21.2 Å². The standard InChI is InChI=1S/C23H27N3O5S2/c1-4-15-5-7-18-21(13-15)32-23(24-18)25-22(27)16-9-11-26(12-10-16)33(28,29)17-6-8-19(30-2)20(14-17)31-3/h5-8,13-14,16H,4,9-12H2,1-3H3,(H,24,25,27). The van der Waals surface area contributed by atoms with Crippen LogP contribution in [0.4, 0.5) is 5.13 Å². The number of amides is 1. The molecule has 0 bridgehead atoms. The van der Waals surface area contributed by atoms with E-state index in [1.165, 1.54) is 47.6 Å². The Balaban J connectivity index is 1.40. The van der Waals surface area contributed by atoms with Gasteiger partial charge in [0.05, 0.1) is 29.3 Å². The number of hydrogen-bond donors (Lipinski definition) is 1. The molecule has 8 nitrogen and oxygen atoms in total. The quantitative estimate of drug-likeness (QED) is 0.540. The van der Waals surface area contributed by atoms with Crippen LogP contribution in [0.25, 0.3) is 10.2 Å². The number of anilines is 1. The summed E-state index contributed by atoms with van der Waals surface area (Å²) in [4.78, 5) is 17.5. The average molecular weight is 490 g/mol. The van der Waals surface area contributed by atoms with E-state index in [1.54, 1.807) is 6.07 Å². The number of benzene rings is 2. The van der Waals surface area contributed by atoms with Crippen LogP contribution < -0.4 is 14.8 Å². The third-order valence-corrected chi connectivity index (χ3v) is 8.74. The lowest BCUT2D eigenvalue weighted by atomic mass is 9.97. The van der Waals surface area contributed by atoms with Gasteiger partial charge >= 0.3 is 0 Å². The highest BCUT2D eigenvalue weighted by atomic mass is 32.2. The minimum Gasteiger partial charge on any atom is -0.493 e. The number of piperidine rings is 1. The summed E-state index contributed by atoms with van der Waals surface area (Å²) in [6.07, 6.45) is 1.84. The summed E-state index contributed by atoms with van der Waals surface area (Å²) in [5.41, 5.74) is 2.09. The lowest BCUT2D eigenvalue weighted by Gasteiger charge is -2.30. The second-order valence-corrected chi connectivity index (χ2v) is 10.8. The number of nitrogens with zero attached hydrogens (tertiary/aromatic N) is 2. The fourth-order valence-electron chi connectivity index (χ4n) is 3.93. The highest BCUT2D eigenvalue weighted by molar-refractivity contribution is 7.89. The third-order valence-electron chi connectivity index (χ3n) is 5.91. The number of sulfonamides is 1. The summed E-state index contributed by atoms with van der Waals surface area (Å²) in [6, 6.07) is 10.7. The zero-order valence-electron chi connectivity index (χ0n) is 18.8. The van der Waals surface area contributed by atoms with E-state index in [0.29, 0.717) is 29.5 Å². The van der Waals surface area contributed by atoms with Gasteiger partial charge in [0.2, 0.25) is 15.9 Å². The molecule has 0 aliphatic carbocycles. The van der Waals surface area contributed by atoms with Gasteiger partial charge in [-0.2, -0.15) is 4.31 Å². The van der Waals surface area contributed by atoms with Gasteiger partial charge in [-0.15, -0.1) is 0 Å². The second-order valence-electron chi connectivity index (χ2n) is 7.86. The van der Waals surface area contributed by atoms with Crippen LogP contribution in [0.1, 0.15) is 25.3 Å². The molecule has 33 heavy (non-hydrogen) atoms. The van der Waals surface area contributed by atoms with Gasteiger partial charge in [-0.1, -0.05) is 24.3 Å². The molecule has 2 aromatic carbocycles. The maximum Gasteiger partial charge on any atom is 0.243 e. The Morgan fingerprint density at radius 3 is 2.52 bits per heavy atom. The maximum atomic E-state index is 13.1. The normalized spacial score (nSPS) is 15.5. The van der Waals surface area contributed by atoms with E-state index < -0.39 is 10.0 Å². The Morgan fingerprint density at radius 2 is 1.85 bits per heavy atom. The van der Waals surface area contributed by atoms with Crippen molar-refractivity contribution in [2.45, 2.75) is 31.1 Å². The fraction of sp³-hybridized carbons (Fsp3) is 0.391. The number of rotatable bonds is 7. The molecular formula is C23H27N3O5S2. The van der Waals surface area contributed by atoms with Crippen molar-refractivity contribution in [1.29, 1.82) is 0 Å². The summed E-state index contributed by atoms with van der Waals surface area (Å²) in [5.74, 6) is 0.440. The van der Waals surface area contributed by atoms with E-state index in [1.807, 2.05) is 12.1 Å². The predicted octanol–water partition coefficient (Wildman–Crippen LogP) is 3.92. The van der Waals surface area contributed by atoms with E-state index in [2.05, 4.69) is 23.3 Å². The molecule has 1 aliphatic heterocycles. The number of methoxy groups -OCH3 is 2. The van der Waals surface area contributed by atoms with Gasteiger partial charge in [0, 0.05) is 25.1 Å². The van der Waals surface area contributed by atoms with Crippen LogP contribution in [0, 0.1) is 5.92 Å². The van der Waals surface area contributed by atoms with Gasteiger partial charge in [-0.3, -0.25) is 4.79 Å². The number of carbonyl (C=O) groups is 1. The van der Waals surface area contributed by atoms with Crippen molar-refractivity contribution >= 4 is 42.6 Å². The first-order valence-electron chi connectivity index (χ1n) is 10.8. The van der Waals surface area contributed by atoms with Gasteiger partial charge in [0.25, 0.3) is 0 Å². The Labute approximate surface area is 197 Å². The number of thiazole rings is 1. The van der Waals surface area contributed by atoms with Crippen molar-refractivity contribution in [2.24, 2.45) is 5.92 Å². The minimum absolute atomic E-state index is 0.118. The Bertz CT molecular complexity index is 1260. The highest BCUT2D eigenvalue weighted by Crippen LogP contribution is 2.32. The minimum atomic E-state index is -3.70. The number of ether oxygens (including phenoxy) is 2. The molecule has 1 saturated heterocycles. The van der Waals surface area contributed by atoms with Crippen molar-refractivity contribution < 1.29 is 22.7 Å².